The van der Waals surface area contributed by atoms with Gasteiger partial charge in [-0.2, -0.15) is 0 Å². The van der Waals surface area contributed by atoms with Gasteiger partial charge in [-0.3, -0.25) is 0 Å². The molecule has 4 nitrogen and oxygen atoms in total. The molecule has 0 radical (unpaired) electrons. The third-order valence-corrected chi connectivity index (χ3v) is 2.72. The van der Waals surface area contributed by atoms with Crippen molar-refractivity contribution in [1.82, 2.24) is 9.55 Å². The van der Waals surface area contributed by atoms with E-state index in [9.17, 15) is 0 Å². The van der Waals surface area contributed by atoms with Gasteiger partial charge in [-0.1, -0.05) is 0 Å². The van der Waals surface area contributed by atoms with Crippen LogP contribution in [0.1, 0.15) is 18.5 Å². The molecule has 0 aliphatic carbocycles. The highest BCUT2D eigenvalue weighted by Gasteiger charge is 2.15. The zero-order valence-electron chi connectivity index (χ0n) is 8.35. The molecule has 0 bridgehead atoms. The SMILES string of the molecule is NCc1cncn1CC1CCCOC1. The number of rotatable bonds is 3. The van der Waals surface area contributed by atoms with Crippen LogP contribution in [0.4, 0.5) is 0 Å². The molecule has 1 aromatic heterocycles. The van der Waals surface area contributed by atoms with Crippen molar-refractivity contribution >= 4 is 0 Å². The molecule has 0 amide bonds. The number of nitrogens with two attached hydrogens (primary N) is 1. The molecule has 1 unspecified atom stereocenters. The van der Waals surface area contributed by atoms with Gasteiger partial charge in [0, 0.05) is 31.8 Å². The molecule has 1 atom stereocenters. The Kier molecular flexibility index (Phi) is 3.16. The van der Waals surface area contributed by atoms with E-state index in [0.717, 1.165) is 25.5 Å². The molecule has 78 valence electrons. The van der Waals surface area contributed by atoms with Gasteiger partial charge in [-0.05, 0) is 12.8 Å². The second kappa shape index (κ2) is 4.57. The van der Waals surface area contributed by atoms with E-state index in [2.05, 4.69) is 9.55 Å². The van der Waals surface area contributed by atoms with Gasteiger partial charge in [0.15, 0.2) is 0 Å². The van der Waals surface area contributed by atoms with Crippen LogP contribution in [0.3, 0.4) is 0 Å². The van der Waals surface area contributed by atoms with E-state index < -0.39 is 0 Å². The first kappa shape index (κ1) is 9.68. The fraction of sp³-hybridized carbons (Fsp3) is 0.700. The molecule has 1 aliphatic rings. The molecular weight excluding hydrogens is 178 g/mol. The van der Waals surface area contributed by atoms with Crippen molar-refractivity contribution in [1.29, 1.82) is 0 Å². The maximum atomic E-state index is 5.61. The lowest BCUT2D eigenvalue weighted by atomic mass is 10.0. The predicted octanol–water partition coefficient (Wildman–Crippen LogP) is 0.768. The van der Waals surface area contributed by atoms with Crippen molar-refractivity contribution in [3.05, 3.63) is 18.2 Å². The monoisotopic (exact) mass is 195 g/mol. The van der Waals surface area contributed by atoms with Gasteiger partial charge in [0.25, 0.3) is 0 Å². The van der Waals surface area contributed by atoms with Gasteiger partial charge in [-0.25, -0.2) is 4.98 Å². The first-order valence-electron chi connectivity index (χ1n) is 5.17. The van der Waals surface area contributed by atoms with Crippen LogP contribution in [0.25, 0.3) is 0 Å². The van der Waals surface area contributed by atoms with Crippen molar-refractivity contribution in [2.45, 2.75) is 25.9 Å². The second-order valence-corrected chi connectivity index (χ2v) is 3.82. The Morgan fingerprint density at radius 2 is 2.57 bits per heavy atom. The van der Waals surface area contributed by atoms with E-state index in [1.807, 2.05) is 12.5 Å². The quantitative estimate of drug-likeness (QED) is 0.775. The van der Waals surface area contributed by atoms with E-state index in [1.54, 1.807) is 0 Å². The van der Waals surface area contributed by atoms with E-state index >= 15 is 0 Å². The average molecular weight is 195 g/mol. The molecule has 0 aromatic carbocycles. The van der Waals surface area contributed by atoms with Crippen molar-refractivity contribution in [2.24, 2.45) is 11.7 Å². The molecule has 1 aliphatic heterocycles. The molecule has 4 heteroatoms. The maximum Gasteiger partial charge on any atom is 0.0948 e. The summed E-state index contributed by atoms with van der Waals surface area (Å²) in [5.74, 6) is 0.628. The molecule has 2 rings (SSSR count). The summed E-state index contributed by atoms with van der Waals surface area (Å²) in [6.45, 7) is 3.35. The van der Waals surface area contributed by atoms with Gasteiger partial charge < -0.3 is 15.0 Å². The fourth-order valence-corrected chi connectivity index (χ4v) is 1.91. The first-order valence-corrected chi connectivity index (χ1v) is 5.17. The zero-order valence-corrected chi connectivity index (χ0v) is 8.35. The standard InChI is InChI=1S/C10H17N3O/c11-4-10-5-12-8-13(10)6-9-2-1-3-14-7-9/h5,8-9H,1-4,6-7,11H2. The van der Waals surface area contributed by atoms with Crippen LogP contribution < -0.4 is 5.73 Å². The highest BCUT2D eigenvalue weighted by atomic mass is 16.5. The molecule has 2 heterocycles. The van der Waals surface area contributed by atoms with Crippen LogP contribution in [0.5, 0.6) is 0 Å². The Bertz CT molecular complexity index is 279. The molecule has 1 aromatic rings. The van der Waals surface area contributed by atoms with Crippen molar-refractivity contribution < 1.29 is 4.74 Å². The fourth-order valence-electron chi connectivity index (χ4n) is 1.91. The number of hydrogen-bond acceptors (Lipinski definition) is 3. The Hall–Kier alpha value is -0.870. The summed E-state index contributed by atoms with van der Waals surface area (Å²) in [5, 5.41) is 0. The number of nitrogens with zero attached hydrogens (tertiary/aromatic N) is 2. The first-order chi connectivity index (χ1) is 6.90. The number of imidazole rings is 1. The summed E-state index contributed by atoms with van der Waals surface area (Å²) in [7, 11) is 0. The van der Waals surface area contributed by atoms with Crippen LogP contribution in [0.2, 0.25) is 0 Å². The van der Waals surface area contributed by atoms with E-state index in [0.29, 0.717) is 12.5 Å². The molecule has 14 heavy (non-hydrogen) atoms. The normalized spacial score (nSPS) is 22.5. The lowest BCUT2D eigenvalue weighted by Crippen LogP contribution is -2.23. The van der Waals surface area contributed by atoms with Gasteiger partial charge in [-0.15, -0.1) is 0 Å². The van der Waals surface area contributed by atoms with E-state index in [4.69, 9.17) is 10.5 Å². The summed E-state index contributed by atoms with van der Waals surface area (Å²) in [4.78, 5) is 4.10. The topological polar surface area (TPSA) is 53.1 Å². The van der Waals surface area contributed by atoms with Crippen LogP contribution in [-0.2, 0) is 17.8 Å². The minimum absolute atomic E-state index is 0.563. The summed E-state index contributed by atoms with van der Waals surface area (Å²) in [6, 6.07) is 0. The largest absolute Gasteiger partial charge is 0.381 e. The number of aromatic nitrogens is 2. The van der Waals surface area contributed by atoms with Crippen LogP contribution >= 0.6 is 0 Å². The second-order valence-electron chi connectivity index (χ2n) is 3.82. The third kappa shape index (κ3) is 2.13. The number of ether oxygens (including phenoxy) is 1. The summed E-state index contributed by atoms with van der Waals surface area (Å²) >= 11 is 0. The van der Waals surface area contributed by atoms with Gasteiger partial charge in [0.2, 0.25) is 0 Å². The predicted molar refractivity (Wildman–Crippen MR) is 53.7 cm³/mol. The Morgan fingerprint density at radius 1 is 1.64 bits per heavy atom. The van der Waals surface area contributed by atoms with Crippen molar-refractivity contribution in [3.8, 4) is 0 Å². The molecular formula is C10H17N3O. The van der Waals surface area contributed by atoms with Crippen LogP contribution in [0.15, 0.2) is 12.5 Å². The Morgan fingerprint density at radius 3 is 3.29 bits per heavy atom. The minimum Gasteiger partial charge on any atom is -0.381 e. The Labute approximate surface area is 84.1 Å². The zero-order chi connectivity index (χ0) is 9.80. The van der Waals surface area contributed by atoms with Gasteiger partial charge >= 0.3 is 0 Å². The minimum atomic E-state index is 0.563. The van der Waals surface area contributed by atoms with E-state index in [1.165, 1.54) is 12.8 Å². The van der Waals surface area contributed by atoms with Crippen molar-refractivity contribution in [3.63, 3.8) is 0 Å². The average Bonchev–Trinajstić information content (AvgIpc) is 2.67. The van der Waals surface area contributed by atoms with Crippen LogP contribution in [-0.4, -0.2) is 22.8 Å². The summed E-state index contributed by atoms with van der Waals surface area (Å²) in [5.41, 5.74) is 6.72. The lowest BCUT2D eigenvalue weighted by Gasteiger charge is -2.22. The third-order valence-electron chi connectivity index (χ3n) is 2.72. The molecule has 0 spiro atoms. The smallest absolute Gasteiger partial charge is 0.0948 e. The summed E-state index contributed by atoms with van der Waals surface area (Å²) < 4.78 is 7.58. The van der Waals surface area contributed by atoms with Gasteiger partial charge in [0.1, 0.15) is 0 Å². The summed E-state index contributed by atoms with van der Waals surface area (Å²) in [6.07, 6.45) is 6.12. The number of hydrogen-bond donors (Lipinski definition) is 1. The lowest BCUT2D eigenvalue weighted by molar-refractivity contribution is 0.0481. The molecule has 2 N–H and O–H groups in total. The highest BCUT2D eigenvalue weighted by molar-refractivity contribution is 4.97. The van der Waals surface area contributed by atoms with Gasteiger partial charge in [0.05, 0.1) is 18.6 Å². The van der Waals surface area contributed by atoms with E-state index in [-0.39, 0.29) is 0 Å². The van der Waals surface area contributed by atoms with Crippen molar-refractivity contribution in [2.75, 3.05) is 13.2 Å². The molecule has 1 fully saturated rings. The molecule has 0 saturated carbocycles. The Balaban J connectivity index is 1.95. The maximum absolute atomic E-state index is 5.61. The molecule has 1 saturated heterocycles. The van der Waals surface area contributed by atoms with Crippen LogP contribution in [0, 0.1) is 5.92 Å². The highest BCUT2D eigenvalue weighted by Crippen LogP contribution is 2.16.